The van der Waals surface area contributed by atoms with Crippen LogP contribution in [-0.4, -0.2) is 65.4 Å². The van der Waals surface area contributed by atoms with Gasteiger partial charge >= 0.3 is 17.9 Å². The molecule has 12 nitrogen and oxygen atoms in total. The van der Waals surface area contributed by atoms with Gasteiger partial charge in [0.2, 0.25) is 0 Å². The Morgan fingerprint density at radius 1 is 0.842 bits per heavy atom. The summed E-state index contributed by atoms with van der Waals surface area (Å²) < 4.78 is 1.28. The number of hydrogen-bond acceptors (Lipinski definition) is 7. The average molecular weight is 513 g/mol. The Hall–Kier alpha value is -5.39. The molecule has 0 saturated carbocycles. The molecule has 1 aliphatic rings. The van der Waals surface area contributed by atoms with Crippen molar-refractivity contribution >= 4 is 67.9 Å². The van der Waals surface area contributed by atoms with Crippen LogP contribution < -0.4 is 5.56 Å². The molecule has 0 radical (unpaired) electrons. The Labute approximate surface area is 210 Å². The molecule has 1 atom stereocenters. The molecule has 3 aromatic carbocycles. The SMILES string of the molecule is O=C(O)CC[C@H](C(=O)O)N1C(=O)c2ccc3c(=O)n4c5cc(C(=O)O)ccc5nc4c4ccc(c2c34)C1=O. The maximum atomic E-state index is 13.6. The van der Waals surface area contributed by atoms with E-state index in [1.165, 1.54) is 46.9 Å². The average Bonchev–Trinajstić information content (AvgIpc) is 3.26. The number of carboxylic acids is 3. The number of carbonyl (C=O) groups excluding carboxylic acids is 2. The number of fused-ring (bicyclic) bond motifs is 4. The molecule has 6 rings (SSSR count). The van der Waals surface area contributed by atoms with Crippen LogP contribution >= 0.6 is 0 Å². The third-order valence-electron chi connectivity index (χ3n) is 6.86. The number of rotatable bonds is 6. The van der Waals surface area contributed by atoms with Gasteiger partial charge in [0, 0.05) is 39.1 Å². The second-order valence-corrected chi connectivity index (χ2v) is 8.92. The van der Waals surface area contributed by atoms with Gasteiger partial charge in [0.1, 0.15) is 11.7 Å². The Kier molecular flexibility index (Phi) is 4.73. The van der Waals surface area contributed by atoms with E-state index in [9.17, 15) is 39.0 Å². The number of aromatic nitrogens is 2. The predicted octanol–water partition coefficient (Wildman–Crippen LogP) is 2.20. The van der Waals surface area contributed by atoms with Crippen LogP contribution in [0.15, 0.2) is 47.3 Å². The molecule has 0 saturated heterocycles. The van der Waals surface area contributed by atoms with E-state index < -0.39 is 54.2 Å². The van der Waals surface area contributed by atoms with Gasteiger partial charge in [-0.1, -0.05) is 0 Å². The monoisotopic (exact) mass is 513 g/mol. The number of aromatic carboxylic acids is 1. The molecule has 188 valence electrons. The number of pyridine rings is 1. The third-order valence-corrected chi connectivity index (χ3v) is 6.86. The largest absolute Gasteiger partial charge is 0.481 e. The van der Waals surface area contributed by atoms with Gasteiger partial charge in [-0.2, -0.15) is 0 Å². The van der Waals surface area contributed by atoms with Crippen molar-refractivity contribution < 1.29 is 39.3 Å². The molecule has 1 aliphatic heterocycles. The molecule has 0 aliphatic carbocycles. The summed E-state index contributed by atoms with van der Waals surface area (Å²) in [6.45, 7) is 0. The van der Waals surface area contributed by atoms with Crippen molar-refractivity contribution in [3.05, 3.63) is 69.5 Å². The van der Waals surface area contributed by atoms with E-state index in [1.54, 1.807) is 0 Å². The molecule has 3 N–H and O–H groups in total. The van der Waals surface area contributed by atoms with Crippen LogP contribution in [0.4, 0.5) is 0 Å². The van der Waals surface area contributed by atoms with Gasteiger partial charge in [-0.3, -0.25) is 28.5 Å². The molecule has 3 heterocycles. The van der Waals surface area contributed by atoms with Gasteiger partial charge in [-0.05, 0) is 48.9 Å². The predicted molar refractivity (Wildman–Crippen MR) is 131 cm³/mol. The highest BCUT2D eigenvalue weighted by Gasteiger charge is 2.41. The zero-order valence-corrected chi connectivity index (χ0v) is 19.2. The highest BCUT2D eigenvalue weighted by atomic mass is 16.4. The summed E-state index contributed by atoms with van der Waals surface area (Å²) in [6, 6.07) is 8.15. The topological polar surface area (TPSA) is 184 Å². The number of aliphatic carboxylic acids is 2. The number of carboxylic acid groups (broad SMARTS) is 3. The van der Waals surface area contributed by atoms with Crippen molar-refractivity contribution in [1.82, 2.24) is 14.3 Å². The van der Waals surface area contributed by atoms with Gasteiger partial charge in [-0.25, -0.2) is 14.6 Å². The van der Waals surface area contributed by atoms with E-state index in [2.05, 4.69) is 4.98 Å². The number of imide groups is 1. The lowest BCUT2D eigenvalue weighted by Crippen LogP contribution is -2.50. The smallest absolute Gasteiger partial charge is 0.335 e. The number of hydrogen-bond donors (Lipinski definition) is 3. The first-order chi connectivity index (χ1) is 18.1. The molecule has 38 heavy (non-hydrogen) atoms. The standard InChI is InChI=1S/C26H15N3O9/c30-18(31)8-7-16(26(37)38)29-23(33)13-3-2-11-19-12(4-5-14(20(13)19)24(29)34)22(32)28-17-9-10(25(35)36)1-6-15(17)27-21(11)28/h1-6,9,16H,7-8H2,(H,30,31)(H,35,36)(H,37,38)/t16-/m1/s1. The molecule has 0 fully saturated rings. The van der Waals surface area contributed by atoms with Gasteiger partial charge in [-0.15, -0.1) is 0 Å². The lowest BCUT2D eigenvalue weighted by atomic mass is 9.89. The van der Waals surface area contributed by atoms with Crippen LogP contribution in [0.25, 0.3) is 38.2 Å². The van der Waals surface area contributed by atoms with Crippen LogP contribution in [-0.2, 0) is 9.59 Å². The van der Waals surface area contributed by atoms with E-state index >= 15 is 0 Å². The molecule has 2 aromatic heterocycles. The minimum atomic E-state index is -1.70. The molecule has 0 unspecified atom stereocenters. The number of amides is 2. The van der Waals surface area contributed by atoms with E-state index in [-0.39, 0.29) is 38.6 Å². The van der Waals surface area contributed by atoms with Crippen LogP contribution in [0, 0.1) is 0 Å². The van der Waals surface area contributed by atoms with Gasteiger partial charge in [0.15, 0.2) is 0 Å². The first kappa shape index (κ1) is 23.0. The zero-order chi connectivity index (χ0) is 27.0. The normalized spacial score (nSPS) is 14.2. The van der Waals surface area contributed by atoms with Crippen molar-refractivity contribution in [2.24, 2.45) is 0 Å². The minimum Gasteiger partial charge on any atom is -0.481 e. The van der Waals surface area contributed by atoms with Crippen molar-refractivity contribution in [2.75, 3.05) is 0 Å². The second-order valence-electron chi connectivity index (χ2n) is 8.92. The Morgan fingerprint density at radius 3 is 2.11 bits per heavy atom. The van der Waals surface area contributed by atoms with E-state index in [0.717, 1.165) is 0 Å². The fourth-order valence-electron chi connectivity index (χ4n) is 5.19. The van der Waals surface area contributed by atoms with Crippen LogP contribution in [0.5, 0.6) is 0 Å². The third kappa shape index (κ3) is 3.00. The van der Waals surface area contributed by atoms with E-state index in [0.29, 0.717) is 21.2 Å². The molecule has 2 amide bonds. The highest BCUT2D eigenvalue weighted by molar-refractivity contribution is 6.32. The molecule has 5 aromatic rings. The lowest BCUT2D eigenvalue weighted by molar-refractivity contribution is -0.142. The highest BCUT2D eigenvalue weighted by Crippen LogP contribution is 2.38. The van der Waals surface area contributed by atoms with Crippen molar-refractivity contribution in [3.8, 4) is 0 Å². The summed E-state index contributed by atoms with van der Waals surface area (Å²) in [7, 11) is 0. The number of benzene rings is 3. The number of imidazole rings is 1. The fraction of sp³-hybridized carbons (Fsp3) is 0.115. The number of carbonyl (C=O) groups is 5. The van der Waals surface area contributed by atoms with Gasteiger partial charge in [0.05, 0.1) is 16.6 Å². The number of nitrogens with zero attached hydrogens (tertiary/aromatic N) is 3. The Balaban J connectivity index is 1.64. The minimum absolute atomic E-state index is 0.00713. The second kappa shape index (κ2) is 7.80. The van der Waals surface area contributed by atoms with Crippen molar-refractivity contribution in [2.45, 2.75) is 18.9 Å². The molecular weight excluding hydrogens is 498 g/mol. The van der Waals surface area contributed by atoms with Gasteiger partial charge in [0.25, 0.3) is 17.4 Å². The maximum Gasteiger partial charge on any atom is 0.335 e. The summed E-state index contributed by atoms with van der Waals surface area (Å²) in [4.78, 5) is 80.0. The first-order valence-corrected chi connectivity index (χ1v) is 11.3. The Morgan fingerprint density at radius 2 is 1.50 bits per heavy atom. The Bertz CT molecular complexity index is 1970. The fourth-order valence-corrected chi connectivity index (χ4v) is 5.19. The van der Waals surface area contributed by atoms with Crippen molar-refractivity contribution in [3.63, 3.8) is 0 Å². The zero-order valence-electron chi connectivity index (χ0n) is 19.2. The summed E-state index contributed by atoms with van der Waals surface area (Å²) in [5, 5.41) is 29.1. The molecular formula is C26H15N3O9. The lowest BCUT2D eigenvalue weighted by Gasteiger charge is -2.31. The summed E-state index contributed by atoms with van der Waals surface area (Å²) in [5.41, 5.74) is 0.280. The molecule has 0 bridgehead atoms. The van der Waals surface area contributed by atoms with Crippen LogP contribution in [0.1, 0.15) is 43.9 Å². The summed E-state index contributed by atoms with van der Waals surface area (Å²) in [6.07, 6.45) is -1.04. The molecule has 12 heteroatoms. The first-order valence-electron chi connectivity index (χ1n) is 11.3. The van der Waals surface area contributed by atoms with Gasteiger partial charge < -0.3 is 15.3 Å². The quantitative estimate of drug-likeness (QED) is 0.284. The molecule has 0 spiro atoms. The maximum absolute atomic E-state index is 13.6. The van der Waals surface area contributed by atoms with E-state index in [1.807, 2.05) is 0 Å². The summed E-state index contributed by atoms with van der Waals surface area (Å²) >= 11 is 0. The van der Waals surface area contributed by atoms with E-state index in [4.69, 9.17) is 5.11 Å². The van der Waals surface area contributed by atoms with Crippen LogP contribution in [0.3, 0.4) is 0 Å². The van der Waals surface area contributed by atoms with Crippen molar-refractivity contribution in [1.29, 1.82) is 0 Å². The van der Waals surface area contributed by atoms with Crippen LogP contribution in [0.2, 0.25) is 0 Å². The summed E-state index contributed by atoms with van der Waals surface area (Å²) in [5.74, 6) is -5.80.